The maximum Gasteiger partial charge on any atom is 0.253 e. The van der Waals surface area contributed by atoms with Gasteiger partial charge in [0.1, 0.15) is 5.82 Å². The van der Waals surface area contributed by atoms with Crippen LogP contribution in [-0.4, -0.2) is 33.7 Å². The number of halogens is 1. The summed E-state index contributed by atoms with van der Waals surface area (Å²) in [6, 6.07) is 3.46. The van der Waals surface area contributed by atoms with Crippen molar-refractivity contribution >= 4 is 21.6 Å². The number of anilines is 1. The molecule has 0 fully saturated rings. The molecule has 100 valence electrons. The highest BCUT2D eigenvalue weighted by atomic mass is 32.2. The Kier molecular flexibility index (Phi) is 4.62. The van der Waals surface area contributed by atoms with E-state index in [-0.39, 0.29) is 24.3 Å². The van der Waals surface area contributed by atoms with E-state index >= 15 is 0 Å². The minimum absolute atomic E-state index is 0.0226. The molecule has 1 aromatic rings. The fourth-order valence-corrected chi connectivity index (χ4v) is 1.71. The SMILES string of the molecule is CS(=O)(=O)NCCNC(=O)c1cc(F)ccc1N. The number of nitrogens with one attached hydrogen (secondary N) is 2. The number of hydrogen-bond donors (Lipinski definition) is 3. The largest absolute Gasteiger partial charge is 0.398 e. The van der Waals surface area contributed by atoms with E-state index in [4.69, 9.17) is 5.73 Å². The Labute approximate surface area is 104 Å². The number of carbonyl (C=O) groups excluding carboxylic acids is 1. The molecule has 1 rings (SSSR count). The van der Waals surface area contributed by atoms with Crippen molar-refractivity contribution in [2.75, 3.05) is 25.1 Å². The molecular weight excluding hydrogens is 261 g/mol. The van der Waals surface area contributed by atoms with Gasteiger partial charge in [-0.15, -0.1) is 0 Å². The monoisotopic (exact) mass is 275 g/mol. The third-order valence-corrected chi connectivity index (χ3v) is 2.76. The quantitative estimate of drug-likeness (QED) is 0.506. The van der Waals surface area contributed by atoms with Gasteiger partial charge in [-0.25, -0.2) is 17.5 Å². The molecule has 0 unspecified atom stereocenters. The third-order valence-electron chi connectivity index (χ3n) is 2.03. The van der Waals surface area contributed by atoms with Crippen molar-refractivity contribution in [3.63, 3.8) is 0 Å². The molecule has 0 aliphatic heterocycles. The number of rotatable bonds is 5. The van der Waals surface area contributed by atoms with E-state index in [0.717, 1.165) is 18.4 Å². The van der Waals surface area contributed by atoms with Gasteiger partial charge in [-0.05, 0) is 18.2 Å². The summed E-state index contributed by atoms with van der Waals surface area (Å²) in [4.78, 5) is 11.6. The Bertz CT molecular complexity index is 545. The highest BCUT2D eigenvalue weighted by Crippen LogP contribution is 2.12. The van der Waals surface area contributed by atoms with Gasteiger partial charge in [0.2, 0.25) is 10.0 Å². The van der Waals surface area contributed by atoms with Crippen molar-refractivity contribution in [2.45, 2.75) is 0 Å². The summed E-state index contributed by atoms with van der Waals surface area (Å²) in [6.45, 7) is 0.141. The maximum atomic E-state index is 12.9. The molecule has 1 aromatic carbocycles. The molecule has 8 heteroatoms. The first-order chi connectivity index (χ1) is 8.29. The van der Waals surface area contributed by atoms with E-state index in [9.17, 15) is 17.6 Å². The molecule has 0 aromatic heterocycles. The number of amides is 1. The maximum absolute atomic E-state index is 12.9. The molecule has 6 nitrogen and oxygen atoms in total. The van der Waals surface area contributed by atoms with Gasteiger partial charge in [-0.1, -0.05) is 0 Å². The van der Waals surface area contributed by atoms with Crippen molar-refractivity contribution in [2.24, 2.45) is 0 Å². The first kappa shape index (κ1) is 14.4. The first-order valence-electron chi connectivity index (χ1n) is 5.07. The lowest BCUT2D eigenvalue weighted by Crippen LogP contribution is -2.34. The van der Waals surface area contributed by atoms with Crippen LogP contribution in [0.5, 0.6) is 0 Å². The molecule has 0 aliphatic rings. The molecule has 0 aliphatic carbocycles. The molecule has 1 amide bonds. The molecular formula is C10H14FN3O3S. The van der Waals surface area contributed by atoms with E-state index in [1.165, 1.54) is 6.07 Å². The van der Waals surface area contributed by atoms with Crippen molar-refractivity contribution in [1.29, 1.82) is 0 Å². The van der Waals surface area contributed by atoms with Crippen molar-refractivity contribution in [3.8, 4) is 0 Å². The predicted octanol–water partition coefficient (Wildman–Crippen LogP) is -0.313. The second-order valence-corrected chi connectivity index (χ2v) is 5.49. The molecule has 0 saturated carbocycles. The van der Waals surface area contributed by atoms with Gasteiger partial charge in [0.15, 0.2) is 0 Å². The molecule has 18 heavy (non-hydrogen) atoms. The lowest BCUT2D eigenvalue weighted by atomic mass is 10.1. The van der Waals surface area contributed by atoms with Crippen LogP contribution in [0.1, 0.15) is 10.4 Å². The molecule has 0 bridgehead atoms. The number of hydrogen-bond acceptors (Lipinski definition) is 4. The van der Waals surface area contributed by atoms with Crippen LogP contribution in [-0.2, 0) is 10.0 Å². The summed E-state index contributed by atoms with van der Waals surface area (Å²) < 4.78 is 36.6. The molecule has 4 N–H and O–H groups in total. The molecule has 0 saturated heterocycles. The van der Waals surface area contributed by atoms with E-state index < -0.39 is 21.7 Å². The topological polar surface area (TPSA) is 101 Å². The molecule has 0 radical (unpaired) electrons. The van der Waals surface area contributed by atoms with Crippen molar-refractivity contribution in [3.05, 3.63) is 29.6 Å². The number of nitrogen functional groups attached to an aromatic ring is 1. The Hall–Kier alpha value is -1.67. The Morgan fingerprint density at radius 1 is 1.39 bits per heavy atom. The van der Waals surface area contributed by atoms with Crippen molar-refractivity contribution < 1.29 is 17.6 Å². The van der Waals surface area contributed by atoms with Crippen LogP contribution in [0.4, 0.5) is 10.1 Å². The Balaban J connectivity index is 2.53. The van der Waals surface area contributed by atoms with E-state index in [1.54, 1.807) is 0 Å². The van der Waals surface area contributed by atoms with Crippen LogP contribution >= 0.6 is 0 Å². The van der Waals surface area contributed by atoms with Gasteiger partial charge in [-0.2, -0.15) is 0 Å². The predicted molar refractivity (Wildman–Crippen MR) is 66.0 cm³/mol. The smallest absolute Gasteiger partial charge is 0.253 e. The zero-order chi connectivity index (χ0) is 13.8. The summed E-state index contributed by atoms with van der Waals surface area (Å²) >= 11 is 0. The van der Waals surface area contributed by atoms with E-state index in [0.29, 0.717) is 0 Å². The average Bonchev–Trinajstić information content (AvgIpc) is 2.26. The molecule has 0 atom stereocenters. The minimum Gasteiger partial charge on any atom is -0.398 e. The third kappa shape index (κ3) is 4.68. The lowest BCUT2D eigenvalue weighted by Gasteiger charge is -2.07. The second-order valence-electron chi connectivity index (χ2n) is 3.65. The van der Waals surface area contributed by atoms with Gasteiger partial charge in [-0.3, -0.25) is 4.79 Å². The highest BCUT2D eigenvalue weighted by molar-refractivity contribution is 7.88. The second kappa shape index (κ2) is 5.78. The van der Waals surface area contributed by atoms with E-state index in [1.807, 2.05) is 0 Å². The minimum atomic E-state index is -3.29. The normalized spacial score (nSPS) is 11.2. The van der Waals surface area contributed by atoms with Crippen LogP contribution in [0, 0.1) is 5.82 Å². The van der Waals surface area contributed by atoms with Crippen LogP contribution < -0.4 is 15.8 Å². The summed E-state index contributed by atoms with van der Waals surface area (Å²) in [5.74, 6) is -1.12. The van der Waals surface area contributed by atoms with Crippen LogP contribution in [0.3, 0.4) is 0 Å². The summed E-state index contributed by atoms with van der Waals surface area (Å²) in [5, 5.41) is 2.43. The Morgan fingerprint density at radius 2 is 2.06 bits per heavy atom. The van der Waals surface area contributed by atoms with Gasteiger partial charge < -0.3 is 11.1 Å². The van der Waals surface area contributed by atoms with Gasteiger partial charge in [0, 0.05) is 18.8 Å². The Morgan fingerprint density at radius 3 is 2.67 bits per heavy atom. The summed E-state index contributed by atoms with van der Waals surface area (Å²) in [6.07, 6.45) is 1.01. The zero-order valence-electron chi connectivity index (χ0n) is 9.73. The molecule has 0 spiro atoms. The fraction of sp³-hybridized carbons (Fsp3) is 0.300. The van der Waals surface area contributed by atoms with E-state index in [2.05, 4.69) is 10.0 Å². The van der Waals surface area contributed by atoms with Gasteiger partial charge in [0.25, 0.3) is 5.91 Å². The first-order valence-corrected chi connectivity index (χ1v) is 6.96. The van der Waals surface area contributed by atoms with Crippen LogP contribution in [0.15, 0.2) is 18.2 Å². The van der Waals surface area contributed by atoms with Crippen LogP contribution in [0.2, 0.25) is 0 Å². The number of carbonyl (C=O) groups is 1. The number of benzene rings is 1. The zero-order valence-corrected chi connectivity index (χ0v) is 10.6. The number of nitrogens with two attached hydrogens (primary N) is 1. The van der Waals surface area contributed by atoms with Gasteiger partial charge in [0.05, 0.1) is 11.8 Å². The van der Waals surface area contributed by atoms with Gasteiger partial charge >= 0.3 is 0 Å². The lowest BCUT2D eigenvalue weighted by molar-refractivity contribution is 0.0955. The summed E-state index contributed by atoms with van der Waals surface area (Å²) in [5.41, 5.74) is 5.70. The fourth-order valence-electron chi connectivity index (χ4n) is 1.23. The van der Waals surface area contributed by atoms with Crippen LogP contribution in [0.25, 0.3) is 0 Å². The summed E-state index contributed by atoms with van der Waals surface area (Å²) in [7, 11) is -3.29. The van der Waals surface area contributed by atoms with Crippen molar-refractivity contribution in [1.82, 2.24) is 10.0 Å². The molecule has 0 heterocycles. The number of sulfonamides is 1. The average molecular weight is 275 g/mol. The highest BCUT2D eigenvalue weighted by Gasteiger charge is 2.10. The standard InChI is InChI=1S/C10H14FN3O3S/c1-18(16,17)14-5-4-13-10(15)8-6-7(11)2-3-9(8)12/h2-3,6,14H,4-5,12H2,1H3,(H,13,15).